The normalized spacial score (nSPS) is 13.1. The zero-order valence-electron chi connectivity index (χ0n) is 13.2. The molecule has 1 aliphatic heterocycles. The highest BCUT2D eigenvalue weighted by Gasteiger charge is 2.13. The maximum Gasteiger partial charge on any atom is 0.185 e. The van der Waals surface area contributed by atoms with Gasteiger partial charge in [0.05, 0.1) is 7.11 Å². The second-order valence-electron chi connectivity index (χ2n) is 5.29. The summed E-state index contributed by atoms with van der Waals surface area (Å²) in [5.74, 6) is 2.06. The highest BCUT2D eigenvalue weighted by atomic mass is 16.6. The van der Waals surface area contributed by atoms with E-state index in [9.17, 15) is 4.79 Å². The molecule has 0 amide bonds. The number of ketones is 1. The van der Waals surface area contributed by atoms with E-state index in [1.165, 1.54) is 0 Å². The Bertz CT molecular complexity index is 762. The molecule has 118 valence electrons. The molecule has 0 N–H and O–H groups in total. The second kappa shape index (κ2) is 6.57. The van der Waals surface area contributed by atoms with E-state index in [1.807, 2.05) is 25.1 Å². The average Bonchev–Trinajstić information content (AvgIpc) is 2.59. The van der Waals surface area contributed by atoms with E-state index in [4.69, 9.17) is 14.2 Å². The van der Waals surface area contributed by atoms with Gasteiger partial charge in [0.25, 0.3) is 0 Å². The van der Waals surface area contributed by atoms with E-state index in [2.05, 4.69) is 0 Å². The standard InChI is InChI=1S/C19H18O4/c1-13-11-14(4-7-17(13)21-2)3-6-16(20)15-5-8-18-19(12-15)23-10-9-22-18/h3-8,11-12H,9-10H2,1-2H3/b6-3+. The van der Waals surface area contributed by atoms with Gasteiger partial charge in [-0.1, -0.05) is 12.1 Å². The molecule has 0 spiro atoms. The van der Waals surface area contributed by atoms with Crippen LogP contribution in [-0.4, -0.2) is 26.1 Å². The van der Waals surface area contributed by atoms with Crippen LogP contribution in [0.5, 0.6) is 17.2 Å². The molecule has 0 saturated carbocycles. The molecule has 3 rings (SSSR count). The smallest absolute Gasteiger partial charge is 0.185 e. The Kier molecular flexibility index (Phi) is 4.33. The number of allylic oxidation sites excluding steroid dienone is 1. The van der Waals surface area contributed by atoms with Gasteiger partial charge in [-0.15, -0.1) is 0 Å². The minimum absolute atomic E-state index is 0.0737. The molecule has 0 atom stereocenters. The Hall–Kier alpha value is -2.75. The molecule has 4 heteroatoms. The number of rotatable bonds is 4. The van der Waals surface area contributed by atoms with Crippen molar-refractivity contribution in [1.82, 2.24) is 0 Å². The van der Waals surface area contributed by atoms with Crippen LogP contribution >= 0.6 is 0 Å². The summed E-state index contributed by atoms with van der Waals surface area (Å²) in [7, 11) is 1.64. The molecule has 0 aromatic heterocycles. The first-order valence-electron chi connectivity index (χ1n) is 7.44. The van der Waals surface area contributed by atoms with Gasteiger partial charge in [-0.05, 0) is 54.5 Å². The van der Waals surface area contributed by atoms with Crippen molar-refractivity contribution in [3.8, 4) is 17.2 Å². The monoisotopic (exact) mass is 310 g/mol. The summed E-state index contributed by atoms with van der Waals surface area (Å²) in [6, 6.07) is 11.0. The highest BCUT2D eigenvalue weighted by Crippen LogP contribution is 2.31. The summed E-state index contributed by atoms with van der Waals surface area (Å²) in [5.41, 5.74) is 2.56. The molecule has 0 saturated heterocycles. The first-order chi connectivity index (χ1) is 11.2. The third-order valence-corrected chi connectivity index (χ3v) is 3.67. The number of benzene rings is 2. The van der Waals surface area contributed by atoms with Crippen LogP contribution in [0.2, 0.25) is 0 Å². The number of carbonyl (C=O) groups is 1. The Morgan fingerprint density at radius 2 is 1.87 bits per heavy atom. The summed E-state index contributed by atoms with van der Waals surface area (Å²) in [6.45, 7) is 3.02. The Morgan fingerprint density at radius 3 is 2.61 bits per heavy atom. The lowest BCUT2D eigenvalue weighted by molar-refractivity contribution is 0.104. The highest BCUT2D eigenvalue weighted by molar-refractivity contribution is 6.07. The van der Waals surface area contributed by atoms with E-state index in [1.54, 1.807) is 37.5 Å². The van der Waals surface area contributed by atoms with Crippen molar-refractivity contribution >= 4 is 11.9 Å². The maximum absolute atomic E-state index is 12.3. The maximum atomic E-state index is 12.3. The number of fused-ring (bicyclic) bond motifs is 1. The van der Waals surface area contributed by atoms with E-state index < -0.39 is 0 Å². The fraction of sp³-hybridized carbons (Fsp3) is 0.211. The third-order valence-electron chi connectivity index (χ3n) is 3.67. The van der Waals surface area contributed by atoms with Gasteiger partial charge in [-0.25, -0.2) is 0 Å². The predicted molar refractivity (Wildman–Crippen MR) is 88.5 cm³/mol. The van der Waals surface area contributed by atoms with Crippen molar-refractivity contribution in [2.75, 3.05) is 20.3 Å². The zero-order valence-corrected chi connectivity index (χ0v) is 13.2. The summed E-state index contributed by atoms with van der Waals surface area (Å²) < 4.78 is 16.2. The molecule has 0 fully saturated rings. The van der Waals surface area contributed by atoms with Gasteiger partial charge in [0.15, 0.2) is 17.3 Å². The van der Waals surface area contributed by atoms with Crippen LogP contribution in [0.15, 0.2) is 42.5 Å². The van der Waals surface area contributed by atoms with Crippen molar-refractivity contribution in [3.63, 3.8) is 0 Å². The van der Waals surface area contributed by atoms with Crippen LogP contribution in [-0.2, 0) is 0 Å². The molecule has 23 heavy (non-hydrogen) atoms. The number of hydrogen-bond acceptors (Lipinski definition) is 4. The van der Waals surface area contributed by atoms with Crippen molar-refractivity contribution in [2.45, 2.75) is 6.92 Å². The predicted octanol–water partition coefficient (Wildman–Crippen LogP) is 3.67. The van der Waals surface area contributed by atoms with Crippen molar-refractivity contribution in [2.24, 2.45) is 0 Å². The Labute approximate surface area is 135 Å². The number of aryl methyl sites for hydroxylation is 1. The first kappa shape index (κ1) is 15.2. The molecule has 2 aromatic rings. The quantitative estimate of drug-likeness (QED) is 0.638. The minimum Gasteiger partial charge on any atom is -0.496 e. The van der Waals surface area contributed by atoms with E-state index in [-0.39, 0.29) is 5.78 Å². The van der Waals surface area contributed by atoms with Crippen LogP contribution in [0.25, 0.3) is 6.08 Å². The minimum atomic E-state index is -0.0737. The van der Waals surface area contributed by atoms with Crippen molar-refractivity contribution in [1.29, 1.82) is 0 Å². The summed E-state index contributed by atoms with van der Waals surface area (Å²) in [5, 5.41) is 0. The first-order valence-corrected chi connectivity index (χ1v) is 7.44. The number of carbonyl (C=O) groups excluding carboxylic acids is 1. The van der Waals surface area contributed by atoms with Gasteiger partial charge < -0.3 is 14.2 Å². The van der Waals surface area contributed by atoms with Gasteiger partial charge in [-0.3, -0.25) is 4.79 Å². The van der Waals surface area contributed by atoms with Gasteiger partial charge >= 0.3 is 0 Å². The van der Waals surface area contributed by atoms with E-state index >= 15 is 0 Å². The summed E-state index contributed by atoms with van der Waals surface area (Å²) >= 11 is 0. The lowest BCUT2D eigenvalue weighted by atomic mass is 10.1. The van der Waals surface area contributed by atoms with Crippen molar-refractivity contribution < 1.29 is 19.0 Å². The Morgan fingerprint density at radius 1 is 1.09 bits per heavy atom. The van der Waals surface area contributed by atoms with Gasteiger partial charge in [0.1, 0.15) is 19.0 Å². The summed E-state index contributed by atoms with van der Waals surface area (Å²) in [6.07, 6.45) is 3.36. The SMILES string of the molecule is COc1ccc(/C=C/C(=O)c2ccc3c(c2)OCCO3)cc1C. The molecule has 1 aliphatic rings. The van der Waals surface area contributed by atoms with E-state index in [0.29, 0.717) is 30.3 Å². The van der Waals surface area contributed by atoms with Crippen LogP contribution in [0.3, 0.4) is 0 Å². The molecule has 4 nitrogen and oxygen atoms in total. The van der Waals surface area contributed by atoms with Gasteiger partial charge in [-0.2, -0.15) is 0 Å². The van der Waals surface area contributed by atoms with E-state index in [0.717, 1.165) is 16.9 Å². The topological polar surface area (TPSA) is 44.8 Å². The van der Waals surface area contributed by atoms with Crippen molar-refractivity contribution in [3.05, 3.63) is 59.2 Å². The van der Waals surface area contributed by atoms with Crippen LogP contribution in [0.1, 0.15) is 21.5 Å². The average molecular weight is 310 g/mol. The molecule has 0 bridgehead atoms. The zero-order chi connectivity index (χ0) is 16.2. The molecule has 1 heterocycles. The second-order valence-corrected chi connectivity index (χ2v) is 5.29. The molecule has 0 aliphatic carbocycles. The summed E-state index contributed by atoms with van der Waals surface area (Å²) in [4.78, 5) is 12.3. The van der Waals surface area contributed by atoms with Gasteiger partial charge in [0.2, 0.25) is 0 Å². The molecule has 2 aromatic carbocycles. The third kappa shape index (κ3) is 3.37. The van der Waals surface area contributed by atoms with Crippen LogP contribution < -0.4 is 14.2 Å². The largest absolute Gasteiger partial charge is 0.496 e. The molecule has 0 radical (unpaired) electrons. The molecule has 0 unspecified atom stereocenters. The number of hydrogen-bond donors (Lipinski definition) is 0. The number of methoxy groups -OCH3 is 1. The lowest BCUT2D eigenvalue weighted by Crippen LogP contribution is -2.15. The van der Waals surface area contributed by atoms with Crippen LogP contribution in [0.4, 0.5) is 0 Å². The fourth-order valence-electron chi connectivity index (χ4n) is 2.47. The lowest BCUT2D eigenvalue weighted by Gasteiger charge is -2.18. The van der Waals surface area contributed by atoms with Crippen LogP contribution in [0, 0.1) is 6.92 Å². The fourth-order valence-corrected chi connectivity index (χ4v) is 2.47. The Balaban J connectivity index is 1.77. The van der Waals surface area contributed by atoms with Gasteiger partial charge in [0, 0.05) is 5.56 Å². The molecular weight excluding hydrogens is 292 g/mol. The number of ether oxygens (including phenoxy) is 3. The molecular formula is C19H18O4.